The van der Waals surface area contributed by atoms with Crippen molar-refractivity contribution in [3.8, 4) is 0 Å². The van der Waals surface area contributed by atoms with Gasteiger partial charge < -0.3 is 0 Å². The van der Waals surface area contributed by atoms with Gasteiger partial charge in [0.1, 0.15) is 5.69 Å². The first-order chi connectivity index (χ1) is 6.19. The first-order valence-corrected chi connectivity index (χ1v) is 4.76. The van der Waals surface area contributed by atoms with E-state index in [1.54, 1.807) is 4.68 Å². The molecule has 0 saturated heterocycles. The van der Waals surface area contributed by atoms with Crippen molar-refractivity contribution in [2.24, 2.45) is 0 Å². The Morgan fingerprint density at radius 2 is 2.23 bits per heavy atom. The number of carbonyl (C=O) groups excluding carboxylic acids is 1. The van der Waals surface area contributed by atoms with Crippen LogP contribution in [0.2, 0.25) is 0 Å². The maximum atomic E-state index is 11.6. The summed E-state index contributed by atoms with van der Waals surface area (Å²) in [5, 5.41) is 4.23. The van der Waals surface area contributed by atoms with Gasteiger partial charge in [-0.3, -0.25) is 9.48 Å². The number of aryl methyl sites for hydroxylation is 2. The molecule has 0 aliphatic rings. The summed E-state index contributed by atoms with van der Waals surface area (Å²) in [5.41, 5.74) is 1.67. The van der Waals surface area contributed by atoms with Crippen LogP contribution < -0.4 is 0 Å². The van der Waals surface area contributed by atoms with Gasteiger partial charge in [0.15, 0.2) is 5.78 Å². The van der Waals surface area contributed by atoms with Crippen LogP contribution in [-0.4, -0.2) is 15.6 Å². The summed E-state index contributed by atoms with van der Waals surface area (Å²) in [5.74, 6) is 0.199. The summed E-state index contributed by atoms with van der Waals surface area (Å²) >= 11 is 0. The third-order valence-corrected chi connectivity index (χ3v) is 1.96. The minimum atomic E-state index is 0.199. The molecule has 0 aliphatic heterocycles. The van der Waals surface area contributed by atoms with Gasteiger partial charge in [0, 0.05) is 13.0 Å². The summed E-state index contributed by atoms with van der Waals surface area (Å²) in [7, 11) is 0. The van der Waals surface area contributed by atoms with E-state index in [0.717, 1.165) is 24.4 Å². The normalized spacial score (nSPS) is 10.4. The van der Waals surface area contributed by atoms with E-state index in [-0.39, 0.29) is 5.78 Å². The second-order valence-corrected chi connectivity index (χ2v) is 3.16. The number of ketones is 1. The molecule has 0 spiro atoms. The molecule has 0 unspecified atom stereocenters. The second kappa shape index (κ2) is 4.21. The van der Waals surface area contributed by atoms with Crippen molar-refractivity contribution in [3.05, 3.63) is 17.5 Å². The average molecular weight is 180 g/mol. The van der Waals surface area contributed by atoms with Crippen LogP contribution >= 0.6 is 0 Å². The fourth-order valence-corrected chi connectivity index (χ4v) is 1.37. The largest absolute Gasteiger partial charge is 0.292 e. The minimum Gasteiger partial charge on any atom is -0.292 e. The van der Waals surface area contributed by atoms with Crippen LogP contribution in [0.1, 0.15) is 42.9 Å². The third kappa shape index (κ3) is 2.17. The van der Waals surface area contributed by atoms with E-state index in [0.29, 0.717) is 6.42 Å². The summed E-state index contributed by atoms with van der Waals surface area (Å²) in [6.07, 6.45) is 1.51. The van der Waals surface area contributed by atoms with Crippen LogP contribution in [0.3, 0.4) is 0 Å². The van der Waals surface area contributed by atoms with Crippen LogP contribution in [0.5, 0.6) is 0 Å². The van der Waals surface area contributed by atoms with Crippen molar-refractivity contribution in [2.75, 3.05) is 0 Å². The van der Waals surface area contributed by atoms with Crippen molar-refractivity contribution >= 4 is 5.78 Å². The molecule has 0 fully saturated rings. The highest BCUT2D eigenvalue weighted by molar-refractivity contribution is 5.94. The standard InChI is InChI=1S/C10H16N2O/c1-4-6-10(13)9-7-8(3)11-12(9)5-2/h7H,4-6H2,1-3H3. The van der Waals surface area contributed by atoms with Crippen LogP contribution in [0, 0.1) is 6.92 Å². The Morgan fingerprint density at radius 3 is 2.77 bits per heavy atom. The quantitative estimate of drug-likeness (QED) is 0.666. The Labute approximate surface area is 78.8 Å². The molecule has 0 N–H and O–H groups in total. The Bertz CT molecular complexity index is 302. The highest BCUT2D eigenvalue weighted by atomic mass is 16.1. The van der Waals surface area contributed by atoms with E-state index in [1.165, 1.54) is 0 Å². The molecule has 13 heavy (non-hydrogen) atoms. The zero-order valence-electron chi connectivity index (χ0n) is 8.50. The Kier molecular flexibility index (Phi) is 3.23. The zero-order valence-corrected chi connectivity index (χ0v) is 8.50. The highest BCUT2D eigenvalue weighted by Crippen LogP contribution is 2.07. The highest BCUT2D eigenvalue weighted by Gasteiger charge is 2.11. The van der Waals surface area contributed by atoms with Crippen molar-refractivity contribution in [3.63, 3.8) is 0 Å². The Balaban J connectivity index is 2.91. The van der Waals surface area contributed by atoms with Crippen LogP contribution in [-0.2, 0) is 6.54 Å². The predicted octanol–water partition coefficient (Wildman–Crippen LogP) is 2.19. The van der Waals surface area contributed by atoms with E-state index in [4.69, 9.17) is 0 Å². The number of hydrogen-bond donors (Lipinski definition) is 0. The molecule has 0 aromatic carbocycles. The predicted molar refractivity (Wildman–Crippen MR) is 51.9 cm³/mol. The summed E-state index contributed by atoms with van der Waals surface area (Å²) in [6, 6.07) is 1.86. The van der Waals surface area contributed by atoms with Crippen LogP contribution in [0.15, 0.2) is 6.07 Å². The lowest BCUT2D eigenvalue weighted by Crippen LogP contribution is -2.08. The lowest BCUT2D eigenvalue weighted by atomic mass is 10.2. The second-order valence-electron chi connectivity index (χ2n) is 3.16. The molecule has 1 aromatic heterocycles. The van der Waals surface area contributed by atoms with E-state index in [1.807, 2.05) is 26.8 Å². The van der Waals surface area contributed by atoms with Crippen molar-refractivity contribution < 1.29 is 4.79 Å². The Morgan fingerprint density at radius 1 is 1.54 bits per heavy atom. The number of carbonyl (C=O) groups is 1. The summed E-state index contributed by atoms with van der Waals surface area (Å²) < 4.78 is 1.77. The van der Waals surface area contributed by atoms with Gasteiger partial charge in [-0.2, -0.15) is 5.10 Å². The van der Waals surface area contributed by atoms with Crippen LogP contribution in [0.25, 0.3) is 0 Å². The lowest BCUT2D eigenvalue weighted by Gasteiger charge is -2.01. The molecule has 0 amide bonds. The zero-order chi connectivity index (χ0) is 9.84. The molecule has 3 heteroatoms. The van der Waals surface area contributed by atoms with E-state index in [9.17, 15) is 4.79 Å². The number of rotatable bonds is 4. The topological polar surface area (TPSA) is 34.9 Å². The smallest absolute Gasteiger partial charge is 0.180 e. The number of aromatic nitrogens is 2. The molecule has 3 nitrogen and oxygen atoms in total. The van der Waals surface area contributed by atoms with Gasteiger partial charge in [0.05, 0.1) is 5.69 Å². The average Bonchev–Trinajstić information content (AvgIpc) is 2.47. The van der Waals surface area contributed by atoms with Gasteiger partial charge in [-0.05, 0) is 26.3 Å². The maximum absolute atomic E-state index is 11.6. The van der Waals surface area contributed by atoms with E-state index in [2.05, 4.69) is 5.10 Å². The fraction of sp³-hybridized carbons (Fsp3) is 0.600. The molecule has 1 heterocycles. The van der Waals surface area contributed by atoms with E-state index < -0.39 is 0 Å². The van der Waals surface area contributed by atoms with Gasteiger partial charge >= 0.3 is 0 Å². The van der Waals surface area contributed by atoms with Gasteiger partial charge in [-0.25, -0.2) is 0 Å². The third-order valence-electron chi connectivity index (χ3n) is 1.96. The number of Topliss-reactive ketones (excluding diaryl/α,β-unsaturated/α-hetero) is 1. The van der Waals surface area contributed by atoms with Crippen molar-refractivity contribution in [2.45, 2.75) is 40.2 Å². The molecule has 0 radical (unpaired) electrons. The molecular formula is C10H16N2O. The molecule has 1 rings (SSSR count). The van der Waals surface area contributed by atoms with Gasteiger partial charge in [0.2, 0.25) is 0 Å². The maximum Gasteiger partial charge on any atom is 0.180 e. The lowest BCUT2D eigenvalue weighted by molar-refractivity contribution is 0.0971. The molecule has 0 atom stereocenters. The molecular weight excluding hydrogens is 164 g/mol. The Hall–Kier alpha value is -1.12. The molecule has 0 saturated carbocycles. The van der Waals surface area contributed by atoms with Gasteiger partial charge in [-0.15, -0.1) is 0 Å². The van der Waals surface area contributed by atoms with Gasteiger partial charge in [-0.1, -0.05) is 6.92 Å². The number of hydrogen-bond acceptors (Lipinski definition) is 2. The summed E-state index contributed by atoms with van der Waals surface area (Å²) in [4.78, 5) is 11.6. The SMILES string of the molecule is CCCC(=O)c1cc(C)nn1CC. The van der Waals surface area contributed by atoms with Crippen molar-refractivity contribution in [1.29, 1.82) is 0 Å². The monoisotopic (exact) mass is 180 g/mol. The fourth-order valence-electron chi connectivity index (χ4n) is 1.37. The molecule has 0 bridgehead atoms. The number of nitrogens with zero attached hydrogens (tertiary/aromatic N) is 2. The van der Waals surface area contributed by atoms with Crippen LogP contribution in [0.4, 0.5) is 0 Å². The van der Waals surface area contributed by atoms with Gasteiger partial charge in [0.25, 0.3) is 0 Å². The molecule has 72 valence electrons. The summed E-state index contributed by atoms with van der Waals surface area (Å²) in [6.45, 7) is 6.68. The molecule has 1 aromatic rings. The van der Waals surface area contributed by atoms with Crippen molar-refractivity contribution in [1.82, 2.24) is 9.78 Å². The first-order valence-electron chi connectivity index (χ1n) is 4.76. The minimum absolute atomic E-state index is 0.199. The first kappa shape index (κ1) is 9.96. The van der Waals surface area contributed by atoms with E-state index >= 15 is 0 Å². The molecule has 0 aliphatic carbocycles.